The van der Waals surface area contributed by atoms with E-state index in [2.05, 4.69) is 15.5 Å². The van der Waals surface area contributed by atoms with Crippen LogP contribution in [-0.4, -0.2) is 36.4 Å². The molecule has 3 rings (SSSR count). The van der Waals surface area contributed by atoms with Crippen molar-refractivity contribution in [2.24, 2.45) is 0 Å². The van der Waals surface area contributed by atoms with Crippen LogP contribution in [0.5, 0.6) is 11.5 Å². The number of nitrogens with zero attached hydrogens (tertiary/aromatic N) is 1. The number of benzene rings is 2. The molecule has 24 heavy (non-hydrogen) atoms. The van der Waals surface area contributed by atoms with Crippen LogP contribution < -0.4 is 14.8 Å². The zero-order valence-corrected chi connectivity index (χ0v) is 13.6. The highest BCUT2D eigenvalue weighted by Crippen LogP contribution is 2.19. The number of hydrogen-bond acceptors (Lipinski definition) is 4. The number of aromatic nitrogens is 2. The number of nitrogens with one attached hydrogen (secondary N) is 2. The molecule has 0 aliphatic carbocycles. The van der Waals surface area contributed by atoms with E-state index in [1.807, 2.05) is 43.3 Å². The zero-order chi connectivity index (χ0) is 16.9. The lowest BCUT2D eigenvalue weighted by Crippen LogP contribution is -2.28. The molecule has 2 N–H and O–H groups in total. The Balaban J connectivity index is 1.56. The van der Waals surface area contributed by atoms with Gasteiger partial charge in [0.1, 0.15) is 18.1 Å². The molecule has 1 heterocycles. The summed E-state index contributed by atoms with van der Waals surface area (Å²) in [4.78, 5) is 12.3. The Morgan fingerprint density at radius 3 is 2.88 bits per heavy atom. The van der Waals surface area contributed by atoms with E-state index in [0.29, 0.717) is 24.6 Å². The van der Waals surface area contributed by atoms with Crippen molar-refractivity contribution in [1.29, 1.82) is 0 Å². The smallest absolute Gasteiger partial charge is 0.272 e. The summed E-state index contributed by atoms with van der Waals surface area (Å²) >= 11 is 0. The Bertz CT molecular complexity index is 858. The number of aromatic amines is 1. The van der Waals surface area contributed by atoms with Gasteiger partial charge in [0.2, 0.25) is 0 Å². The highest BCUT2D eigenvalue weighted by atomic mass is 16.5. The van der Waals surface area contributed by atoms with Crippen LogP contribution in [0.25, 0.3) is 10.9 Å². The normalized spacial score (nSPS) is 10.6. The fourth-order valence-corrected chi connectivity index (χ4v) is 2.41. The van der Waals surface area contributed by atoms with Gasteiger partial charge in [0.05, 0.1) is 19.2 Å². The molecule has 0 aliphatic heterocycles. The molecule has 0 fully saturated rings. The average molecular weight is 325 g/mol. The van der Waals surface area contributed by atoms with Crippen LogP contribution in [0.2, 0.25) is 0 Å². The summed E-state index contributed by atoms with van der Waals surface area (Å²) in [5.41, 5.74) is 2.33. The molecule has 2 aromatic carbocycles. The molecule has 0 saturated heterocycles. The maximum absolute atomic E-state index is 12.3. The Labute approximate surface area is 139 Å². The molecule has 6 heteroatoms. The minimum Gasteiger partial charge on any atom is -0.497 e. The molecule has 0 aliphatic rings. The molecule has 0 bridgehead atoms. The van der Waals surface area contributed by atoms with Crippen LogP contribution in [0.4, 0.5) is 0 Å². The Morgan fingerprint density at radius 1 is 1.21 bits per heavy atom. The molecule has 124 valence electrons. The molecule has 0 atom stereocenters. The van der Waals surface area contributed by atoms with E-state index < -0.39 is 0 Å². The molecule has 0 radical (unpaired) electrons. The van der Waals surface area contributed by atoms with Gasteiger partial charge in [0.25, 0.3) is 5.91 Å². The van der Waals surface area contributed by atoms with Crippen LogP contribution >= 0.6 is 0 Å². The van der Waals surface area contributed by atoms with Gasteiger partial charge in [0.15, 0.2) is 5.69 Å². The van der Waals surface area contributed by atoms with Crippen molar-refractivity contribution < 1.29 is 14.3 Å². The number of rotatable bonds is 6. The minimum atomic E-state index is -0.221. The first-order valence-electron chi connectivity index (χ1n) is 7.67. The van der Waals surface area contributed by atoms with E-state index in [1.54, 1.807) is 13.2 Å². The summed E-state index contributed by atoms with van der Waals surface area (Å²) in [6.07, 6.45) is 0. The molecule has 1 amide bonds. The average Bonchev–Trinajstić information content (AvgIpc) is 3.02. The summed E-state index contributed by atoms with van der Waals surface area (Å²) in [6, 6.07) is 13.2. The number of carbonyl (C=O) groups is 1. The maximum Gasteiger partial charge on any atom is 0.272 e. The Hall–Kier alpha value is -3.02. The molecule has 0 unspecified atom stereocenters. The summed E-state index contributed by atoms with van der Waals surface area (Å²) in [5, 5.41) is 10.6. The van der Waals surface area contributed by atoms with Gasteiger partial charge in [-0.2, -0.15) is 5.10 Å². The summed E-state index contributed by atoms with van der Waals surface area (Å²) in [6.45, 7) is 2.73. The van der Waals surface area contributed by atoms with E-state index in [-0.39, 0.29) is 5.91 Å². The van der Waals surface area contributed by atoms with Gasteiger partial charge < -0.3 is 14.8 Å². The van der Waals surface area contributed by atoms with Crippen molar-refractivity contribution in [3.8, 4) is 11.5 Å². The number of aryl methyl sites for hydroxylation is 1. The number of ether oxygens (including phenoxy) is 2. The monoisotopic (exact) mass is 325 g/mol. The van der Waals surface area contributed by atoms with E-state index in [1.165, 1.54) is 0 Å². The van der Waals surface area contributed by atoms with Crippen LogP contribution in [0.3, 0.4) is 0 Å². The lowest BCUT2D eigenvalue weighted by Gasteiger charge is -2.08. The van der Waals surface area contributed by atoms with Gasteiger partial charge in [-0.3, -0.25) is 9.89 Å². The van der Waals surface area contributed by atoms with Crippen molar-refractivity contribution in [3.05, 3.63) is 53.7 Å². The van der Waals surface area contributed by atoms with E-state index in [0.717, 1.165) is 22.2 Å². The Kier molecular flexibility index (Phi) is 4.65. The van der Waals surface area contributed by atoms with Crippen LogP contribution in [0.15, 0.2) is 42.5 Å². The third-order valence-electron chi connectivity index (χ3n) is 3.63. The van der Waals surface area contributed by atoms with Crippen molar-refractivity contribution in [3.63, 3.8) is 0 Å². The maximum atomic E-state index is 12.3. The first kappa shape index (κ1) is 15.9. The third-order valence-corrected chi connectivity index (χ3v) is 3.63. The van der Waals surface area contributed by atoms with Crippen molar-refractivity contribution >= 4 is 16.8 Å². The van der Waals surface area contributed by atoms with Crippen molar-refractivity contribution in [1.82, 2.24) is 15.5 Å². The molecule has 1 aromatic heterocycles. The number of methoxy groups -OCH3 is 1. The molecule has 6 nitrogen and oxygen atoms in total. The van der Waals surface area contributed by atoms with Gasteiger partial charge in [-0.15, -0.1) is 0 Å². The van der Waals surface area contributed by atoms with Crippen molar-refractivity contribution in [2.75, 3.05) is 20.3 Å². The lowest BCUT2D eigenvalue weighted by molar-refractivity contribution is 0.0943. The van der Waals surface area contributed by atoms with Gasteiger partial charge >= 0.3 is 0 Å². The second kappa shape index (κ2) is 7.04. The number of H-pyrrole nitrogens is 1. The first-order valence-corrected chi connectivity index (χ1v) is 7.67. The van der Waals surface area contributed by atoms with Gasteiger partial charge in [-0.1, -0.05) is 17.7 Å². The van der Waals surface area contributed by atoms with Gasteiger partial charge in [0, 0.05) is 11.5 Å². The number of fused-ring (bicyclic) bond motifs is 1. The second-order valence-electron chi connectivity index (χ2n) is 5.40. The quantitative estimate of drug-likeness (QED) is 0.683. The standard InChI is InChI=1S/C18H19N3O3/c1-12-6-7-16-15(10-12)17(21-20-16)18(22)19-8-9-24-14-5-3-4-13(11-14)23-2/h3-7,10-11H,8-9H2,1-2H3,(H,19,22)(H,20,21). The summed E-state index contributed by atoms with van der Waals surface area (Å²) < 4.78 is 10.7. The summed E-state index contributed by atoms with van der Waals surface area (Å²) in [5.74, 6) is 1.21. The predicted octanol–water partition coefficient (Wildman–Crippen LogP) is 2.69. The Morgan fingerprint density at radius 2 is 2.04 bits per heavy atom. The SMILES string of the molecule is COc1cccc(OCCNC(=O)c2n[nH]c3ccc(C)cc23)c1. The number of hydrogen-bond donors (Lipinski definition) is 2. The molecular formula is C18H19N3O3. The van der Waals surface area contributed by atoms with E-state index in [4.69, 9.17) is 9.47 Å². The largest absolute Gasteiger partial charge is 0.497 e. The molecule has 3 aromatic rings. The molecular weight excluding hydrogens is 306 g/mol. The van der Waals surface area contributed by atoms with Gasteiger partial charge in [-0.05, 0) is 31.2 Å². The minimum absolute atomic E-state index is 0.221. The van der Waals surface area contributed by atoms with E-state index in [9.17, 15) is 4.79 Å². The number of carbonyl (C=O) groups excluding carboxylic acids is 1. The fraction of sp³-hybridized carbons (Fsp3) is 0.222. The van der Waals surface area contributed by atoms with E-state index >= 15 is 0 Å². The third kappa shape index (κ3) is 3.48. The van der Waals surface area contributed by atoms with Crippen LogP contribution in [0.1, 0.15) is 16.1 Å². The van der Waals surface area contributed by atoms with Gasteiger partial charge in [-0.25, -0.2) is 0 Å². The number of amides is 1. The van der Waals surface area contributed by atoms with Crippen LogP contribution in [0, 0.1) is 6.92 Å². The summed E-state index contributed by atoms with van der Waals surface area (Å²) in [7, 11) is 1.61. The second-order valence-corrected chi connectivity index (χ2v) is 5.40. The van der Waals surface area contributed by atoms with Crippen LogP contribution in [-0.2, 0) is 0 Å². The highest BCUT2D eigenvalue weighted by molar-refractivity contribution is 6.04. The highest BCUT2D eigenvalue weighted by Gasteiger charge is 2.13. The topological polar surface area (TPSA) is 76.2 Å². The molecule has 0 spiro atoms. The fourth-order valence-electron chi connectivity index (χ4n) is 2.41. The predicted molar refractivity (Wildman–Crippen MR) is 91.7 cm³/mol. The first-order chi connectivity index (χ1) is 11.7. The lowest BCUT2D eigenvalue weighted by atomic mass is 10.1. The molecule has 0 saturated carbocycles. The van der Waals surface area contributed by atoms with Crippen molar-refractivity contribution in [2.45, 2.75) is 6.92 Å². The zero-order valence-electron chi connectivity index (χ0n) is 13.6.